The zero-order chi connectivity index (χ0) is 12.3. The lowest BCUT2D eigenvalue weighted by atomic mass is 10.2. The summed E-state index contributed by atoms with van der Waals surface area (Å²) in [6.07, 6.45) is 1.49. The highest BCUT2D eigenvalue weighted by atomic mass is 16.5. The number of nitrogens with one attached hydrogen (secondary N) is 2. The normalized spacial score (nSPS) is 10.0. The molecule has 2 aromatic rings. The molecule has 0 bridgehead atoms. The fraction of sp³-hybridized carbons (Fsp3) is 0.182. The monoisotopic (exact) mass is 232 g/mol. The summed E-state index contributed by atoms with van der Waals surface area (Å²) in [4.78, 5) is 15.8. The molecule has 0 radical (unpaired) electrons. The molecule has 88 valence electrons. The Morgan fingerprint density at radius 3 is 2.71 bits per heavy atom. The number of aromatic nitrogens is 2. The molecule has 0 aromatic carbocycles. The summed E-state index contributed by atoms with van der Waals surface area (Å²) in [6, 6.07) is 5.05. The van der Waals surface area contributed by atoms with Crippen LogP contribution in [0.5, 0.6) is 0 Å². The van der Waals surface area contributed by atoms with Gasteiger partial charge >= 0.3 is 0 Å². The topological polar surface area (TPSA) is 80.0 Å². The molecule has 0 fully saturated rings. The summed E-state index contributed by atoms with van der Waals surface area (Å²) in [6.45, 7) is 1.76. The van der Waals surface area contributed by atoms with Crippen LogP contribution in [0.3, 0.4) is 0 Å². The smallest absolute Gasteiger partial charge is 0.258 e. The standard InChI is InChI=1S/C11H12N4O2/c1-7-5-10(15-17-7)14-11(16)8-3-4-9(12-2)13-6-8/h3-6H,1-2H3,(H,12,13)(H,14,15,16). The molecule has 1 amide bonds. The average molecular weight is 232 g/mol. The van der Waals surface area contributed by atoms with Crippen LogP contribution in [0, 0.1) is 6.92 Å². The van der Waals surface area contributed by atoms with E-state index in [2.05, 4.69) is 20.8 Å². The number of hydrogen-bond acceptors (Lipinski definition) is 5. The molecule has 2 rings (SSSR count). The molecule has 0 aliphatic heterocycles. The number of nitrogens with zero attached hydrogens (tertiary/aromatic N) is 2. The third kappa shape index (κ3) is 2.60. The third-order valence-electron chi connectivity index (χ3n) is 2.15. The molecular formula is C11H12N4O2. The first-order chi connectivity index (χ1) is 8.19. The highest BCUT2D eigenvalue weighted by Gasteiger charge is 2.08. The molecule has 2 heterocycles. The van der Waals surface area contributed by atoms with E-state index in [1.165, 1.54) is 6.20 Å². The predicted molar refractivity (Wildman–Crippen MR) is 63.0 cm³/mol. The van der Waals surface area contributed by atoms with E-state index >= 15 is 0 Å². The van der Waals surface area contributed by atoms with E-state index in [4.69, 9.17) is 4.52 Å². The second kappa shape index (κ2) is 4.65. The first-order valence-electron chi connectivity index (χ1n) is 5.07. The first kappa shape index (κ1) is 11.1. The van der Waals surface area contributed by atoms with Gasteiger partial charge in [0, 0.05) is 19.3 Å². The molecule has 2 aromatic heterocycles. The molecule has 0 saturated heterocycles. The summed E-state index contributed by atoms with van der Waals surface area (Å²) in [5.41, 5.74) is 0.463. The van der Waals surface area contributed by atoms with Crippen LogP contribution in [0.4, 0.5) is 11.6 Å². The summed E-state index contributed by atoms with van der Waals surface area (Å²) in [5, 5.41) is 9.16. The molecular weight excluding hydrogens is 220 g/mol. The van der Waals surface area contributed by atoms with Gasteiger partial charge in [-0.15, -0.1) is 0 Å². The van der Waals surface area contributed by atoms with Gasteiger partial charge in [0.1, 0.15) is 11.6 Å². The first-order valence-corrected chi connectivity index (χ1v) is 5.07. The lowest BCUT2D eigenvalue weighted by molar-refractivity contribution is 0.102. The van der Waals surface area contributed by atoms with E-state index in [0.29, 0.717) is 23.0 Å². The summed E-state index contributed by atoms with van der Waals surface area (Å²) < 4.78 is 4.85. The number of aryl methyl sites for hydroxylation is 1. The minimum absolute atomic E-state index is 0.270. The van der Waals surface area contributed by atoms with Crippen molar-refractivity contribution in [3.8, 4) is 0 Å². The number of rotatable bonds is 3. The van der Waals surface area contributed by atoms with Crippen LogP contribution < -0.4 is 10.6 Å². The molecule has 0 atom stereocenters. The van der Waals surface area contributed by atoms with Crippen LogP contribution in [0.15, 0.2) is 28.9 Å². The Kier molecular flexibility index (Phi) is 3.04. The zero-order valence-corrected chi connectivity index (χ0v) is 9.52. The molecule has 0 saturated carbocycles. The van der Waals surface area contributed by atoms with Crippen LogP contribution in [0.25, 0.3) is 0 Å². The molecule has 6 heteroatoms. The zero-order valence-electron chi connectivity index (χ0n) is 9.52. The van der Waals surface area contributed by atoms with E-state index in [1.807, 2.05) is 0 Å². The molecule has 0 aliphatic rings. The van der Waals surface area contributed by atoms with Crippen molar-refractivity contribution in [2.24, 2.45) is 0 Å². The largest absolute Gasteiger partial charge is 0.373 e. The SMILES string of the molecule is CNc1ccc(C(=O)Nc2cc(C)on2)cn1. The Morgan fingerprint density at radius 1 is 1.35 bits per heavy atom. The van der Waals surface area contributed by atoms with Crippen molar-refractivity contribution in [2.45, 2.75) is 6.92 Å². The van der Waals surface area contributed by atoms with Gasteiger partial charge in [-0.2, -0.15) is 0 Å². The Morgan fingerprint density at radius 2 is 2.18 bits per heavy atom. The van der Waals surface area contributed by atoms with E-state index < -0.39 is 0 Å². The van der Waals surface area contributed by atoms with Gasteiger partial charge in [0.2, 0.25) is 0 Å². The maximum absolute atomic E-state index is 11.8. The van der Waals surface area contributed by atoms with Crippen molar-refractivity contribution in [3.63, 3.8) is 0 Å². The van der Waals surface area contributed by atoms with Crippen molar-refractivity contribution in [1.82, 2.24) is 10.1 Å². The number of hydrogen-bond donors (Lipinski definition) is 2. The lowest BCUT2D eigenvalue weighted by Crippen LogP contribution is -2.12. The van der Waals surface area contributed by atoms with Gasteiger partial charge in [-0.25, -0.2) is 4.98 Å². The lowest BCUT2D eigenvalue weighted by Gasteiger charge is -2.02. The van der Waals surface area contributed by atoms with Crippen LogP contribution in [-0.4, -0.2) is 23.1 Å². The number of amides is 1. The predicted octanol–water partition coefficient (Wildman–Crippen LogP) is 1.67. The van der Waals surface area contributed by atoms with Gasteiger partial charge in [0.25, 0.3) is 5.91 Å². The highest BCUT2D eigenvalue weighted by molar-refractivity contribution is 6.03. The molecule has 17 heavy (non-hydrogen) atoms. The highest BCUT2D eigenvalue weighted by Crippen LogP contribution is 2.10. The van der Waals surface area contributed by atoms with Gasteiger partial charge in [-0.1, -0.05) is 5.16 Å². The molecule has 6 nitrogen and oxygen atoms in total. The molecule has 0 aliphatic carbocycles. The van der Waals surface area contributed by atoms with Crippen LogP contribution >= 0.6 is 0 Å². The Hall–Kier alpha value is -2.37. The maximum Gasteiger partial charge on any atom is 0.258 e. The van der Waals surface area contributed by atoms with E-state index in [0.717, 1.165) is 0 Å². The van der Waals surface area contributed by atoms with Crippen LogP contribution in [0.2, 0.25) is 0 Å². The van der Waals surface area contributed by atoms with Gasteiger partial charge in [0.15, 0.2) is 5.82 Å². The fourth-order valence-corrected chi connectivity index (χ4v) is 1.29. The molecule has 0 unspecified atom stereocenters. The van der Waals surface area contributed by atoms with Crippen molar-refractivity contribution < 1.29 is 9.32 Å². The van der Waals surface area contributed by atoms with Crippen molar-refractivity contribution in [2.75, 3.05) is 17.7 Å². The van der Waals surface area contributed by atoms with Gasteiger partial charge in [0.05, 0.1) is 5.56 Å². The Labute approximate surface area is 98.0 Å². The van der Waals surface area contributed by atoms with Crippen LogP contribution in [0.1, 0.15) is 16.1 Å². The minimum Gasteiger partial charge on any atom is -0.373 e. The third-order valence-corrected chi connectivity index (χ3v) is 2.15. The van der Waals surface area contributed by atoms with E-state index in [1.54, 1.807) is 32.2 Å². The fourth-order valence-electron chi connectivity index (χ4n) is 1.29. The summed E-state index contributed by atoms with van der Waals surface area (Å²) in [5.74, 6) is 1.47. The number of anilines is 2. The molecule has 2 N–H and O–H groups in total. The van der Waals surface area contributed by atoms with Crippen molar-refractivity contribution >= 4 is 17.5 Å². The van der Waals surface area contributed by atoms with E-state index in [9.17, 15) is 4.79 Å². The summed E-state index contributed by atoms with van der Waals surface area (Å²) >= 11 is 0. The van der Waals surface area contributed by atoms with Gasteiger partial charge in [-0.3, -0.25) is 4.79 Å². The van der Waals surface area contributed by atoms with E-state index in [-0.39, 0.29) is 5.91 Å². The molecule has 0 spiro atoms. The average Bonchev–Trinajstić information content (AvgIpc) is 2.75. The number of pyridine rings is 1. The summed E-state index contributed by atoms with van der Waals surface area (Å²) in [7, 11) is 1.76. The van der Waals surface area contributed by atoms with Gasteiger partial charge < -0.3 is 15.2 Å². The minimum atomic E-state index is -0.270. The second-order valence-electron chi connectivity index (χ2n) is 3.46. The van der Waals surface area contributed by atoms with Crippen molar-refractivity contribution in [1.29, 1.82) is 0 Å². The number of carbonyl (C=O) groups excluding carboxylic acids is 1. The number of carbonyl (C=O) groups is 1. The van der Waals surface area contributed by atoms with Gasteiger partial charge in [-0.05, 0) is 19.1 Å². The quantitative estimate of drug-likeness (QED) is 0.841. The Balaban J connectivity index is 2.09. The maximum atomic E-state index is 11.8. The van der Waals surface area contributed by atoms with Crippen LogP contribution in [-0.2, 0) is 0 Å². The Bertz CT molecular complexity index is 519. The van der Waals surface area contributed by atoms with Crippen molar-refractivity contribution in [3.05, 3.63) is 35.7 Å². The second-order valence-corrected chi connectivity index (χ2v) is 3.46.